The summed E-state index contributed by atoms with van der Waals surface area (Å²) in [5.41, 5.74) is 0. The number of allylic oxidation sites excluding steroid dienone is 16. The van der Waals surface area contributed by atoms with Gasteiger partial charge in [-0.25, -0.2) is 0 Å². The number of alkyl halides is 48. The first kappa shape index (κ1) is 123. The Morgan fingerprint density at radius 1 is 0.140 bits per heavy atom. The van der Waals surface area contributed by atoms with Gasteiger partial charge in [0.05, 0.1) is 0 Å². The summed E-state index contributed by atoms with van der Waals surface area (Å²) in [6, 6.07) is 0. The van der Waals surface area contributed by atoms with Crippen LogP contribution in [-0.2, 0) is 55.4 Å². The Hall–Kier alpha value is -7.39. The van der Waals surface area contributed by atoms with E-state index < -0.39 is 240 Å². The number of halogens is 48. The van der Waals surface area contributed by atoms with Crippen molar-refractivity contribution in [3.63, 3.8) is 0 Å². The smallest absolute Gasteiger partial charge is 0.869 e. The largest absolute Gasteiger partial charge is 3.00 e. The van der Waals surface area contributed by atoms with Gasteiger partial charge in [0.1, 0.15) is 0 Å². The van der Waals surface area contributed by atoms with Crippen LogP contribution in [0.5, 0.6) is 0 Å². The van der Waals surface area contributed by atoms with Crippen LogP contribution in [0.15, 0.2) is 94.7 Å². The van der Waals surface area contributed by atoms with Gasteiger partial charge in [0.15, 0.2) is 0 Å². The second-order valence-corrected chi connectivity index (χ2v) is 14.9. The molecule has 0 rings (SSSR count). The molecule has 0 unspecified atom stereocenters. The summed E-state index contributed by atoms with van der Waals surface area (Å²) in [4.78, 5) is 78.6. The number of carbonyl (C=O) groups is 8. The van der Waals surface area contributed by atoms with E-state index in [0.717, 1.165) is 0 Å². The van der Waals surface area contributed by atoms with Crippen LogP contribution in [0.25, 0.3) is 0 Å². The van der Waals surface area contributed by atoms with Crippen molar-refractivity contribution >= 4 is 98.7 Å². The summed E-state index contributed by atoms with van der Waals surface area (Å²) in [5, 5.41) is 78.6. The van der Waals surface area contributed by atoms with E-state index in [0.29, 0.717) is 0 Å². The Labute approximate surface area is 597 Å². The Morgan fingerprint density at radius 2 is 0.187 bits per heavy atom. The minimum absolute atomic E-state index is 0. The number of hydrogen-bond acceptors (Lipinski definition) is 16. The molecule has 0 spiro atoms. The summed E-state index contributed by atoms with van der Waals surface area (Å²) in [6.45, 7) is 0. The van der Waals surface area contributed by atoms with E-state index in [-0.39, 0.29) is 69.5 Å². The average Bonchev–Trinajstić information content (AvgIpc) is 0.916. The first-order valence-corrected chi connectivity index (χ1v) is 21.0. The predicted octanol–water partition coefficient (Wildman–Crippen LogP) is 6.63. The predicted molar refractivity (Wildman–Crippen MR) is 213 cm³/mol. The summed E-state index contributed by atoms with van der Waals surface area (Å²) in [7, 11) is 0. The zero-order valence-electron chi connectivity index (χ0n) is 46.5. The molecule has 0 saturated heterocycles. The van der Waals surface area contributed by atoms with Gasteiger partial charge in [-0.1, -0.05) is 0 Å². The van der Waals surface area contributed by atoms with E-state index in [1.165, 1.54) is 0 Å². The standard InChI is InChI=1S/8C5H2F6O2.2Bi.Cu/c8*6-4(7,8)2(12)1-3(13)5(9,10)11;;;/h8*1,12H;;;/q;;;;;;;;2*+3;+2/p-8/b8*2-1-;;;. The molecule has 0 fully saturated rings. The summed E-state index contributed by atoms with van der Waals surface area (Å²) in [6.07, 6.45) is -95.5. The van der Waals surface area contributed by atoms with E-state index in [4.69, 9.17) is 0 Å². The number of carbonyl (C=O) groups excluding carboxylic acids is 8. The monoisotopic (exact) mass is 2140 g/mol. The minimum atomic E-state index is -5.46. The first-order chi connectivity index (χ1) is 44.4. The van der Waals surface area contributed by atoms with Gasteiger partial charge in [-0.15, -0.1) is 0 Å². The number of rotatable bonds is 8. The summed E-state index contributed by atoms with van der Waals surface area (Å²) >= 11 is 0. The second-order valence-electron chi connectivity index (χ2n) is 14.9. The summed E-state index contributed by atoms with van der Waals surface area (Å²) in [5.74, 6) is -45.2. The van der Waals surface area contributed by atoms with Crippen LogP contribution in [0.3, 0.4) is 0 Å². The van der Waals surface area contributed by atoms with Crippen molar-refractivity contribution in [2.75, 3.05) is 0 Å². The molecule has 16 nitrogen and oxygen atoms in total. The second kappa shape index (κ2) is 44.9. The van der Waals surface area contributed by atoms with E-state index in [9.17, 15) is 290 Å². The van der Waals surface area contributed by atoms with Crippen LogP contribution in [0.4, 0.5) is 211 Å². The van der Waals surface area contributed by atoms with Gasteiger partial charge >= 0.3 is 168 Å². The zero-order chi connectivity index (χ0) is 86.9. The van der Waals surface area contributed by atoms with Crippen LogP contribution < -0.4 is 40.9 Å². The molecule has 0 saturated carbocycles. The topological polar surface area (TPSA) is 321 Å². The van der Waals surface area contributed by atoms with Crippen LogP contribution in [0.2, 0.25) is 0 Å². The Kier molecular flexibility index (Phi) is 51.8. The Morgan fingerprint density at radius 3 is 0.215 bits per heavy atom. The molecule has 107 heavy (non-hydrogen) atoms. The van der Waals surface area contributed by atoms with E-state index in [1.54, 1.807) is 0 Å². The average molecular weight is 2140 g/mol. The molecule has 0 aliphatic heterocycles. The molecule has 0 aromatic carbocycles. The van der Waals surface area contributed by atoms with Crippen LogP contribution in [-0.4, -0.2) is 197 Å². The van der Waals surface area contributed by atoms with Gasteiger partial charge in [0.25, 0.3) is 46.3 Å². The normalized spacial score (nSPS) is 14.1. The molecule has 621 valence electrons. The molecule has 0 aliphatic rings. The third-order valence-corrected chi connectivity index (χ3v) is 6.57. The maximum atomic E-state index is 11.3. The van der Waals surface area contributed by atoms with Crippen LogP contribution >= 0.6 is 0 Å². The number of hydrogen-bond donors (Lipinski definition) is 0. The van der Waals surface area contributed by atoms with Gasteiger partial charge in [-0.05, 0) is 94.7 Å². The van der Waals surface area contributed by atoms with Crippen molar-refractivity contribution in [1.29, 1.82) is 0 Å². The van der Waals surface area contributed by atoms with Gasteiger partial charge in [-0.2, -0.15) is 211 Å². The van der Waals surface area contributed by atoms with E-state index in [1.807, 2.05) is 0 Å². The van der Waals surface area contributed by atoms with Crippen LogP contribution in [0, 0.1) is 0 Å². The fraction of sp³-hybridized carbons (Fsp3) is 0.400. The molecule has 0 heterocycles. The fourth-order valence-electron chi connectivity index (χ4n) is 2.26. The van der Waals surface area contributed by atoms with Gasteiger partial charge < -0.3 is 40.9 Å². The SMILES string of the molecule is O=C(/C=C(\[O-])C(F)(F)F)C(F)(F)F.O=C(/C=C(\[O-])C(F)(F)F)C(F)(F)F.O=C(/C=C(\[O-])C(F)(F)F)C(F)(F)F.O=C(/C=C(\[O-])C(F)(F)F)C(F)(F)F.O=C(/C=C(\[O-])C(F)(F)F)C(F)(F)F.O=C(/C=C(\[O-])C(F)(F)F)C(F)(F)F.O=C(/C=C(\[O-])C(F)(F)F)C(F)(F)F.O=C(/C=C(\[O-])C(F)(F)F)C(F)(F)F.[Bi+3].[Bi+3].[Cu+2]. The van der Waals surface area contributed by atoms with E-state index in [2.05, 4.69) is 0 Å². The molecule has 0 amide bonds. The van der Waals surface area contributed by atoms with Crippen molar-refractivity contribution < 1.29 is 307 Å². The van der Waals surface area contributed by atoms with Gasteiger partial charge in [-0.3, -0.25) is 38.4 Å². The molecule has 0 atom stereocenters. The van der Waals surface area contributed by atoms with Crippen molar-refractivity contribution in [3.05, 3.63) is 94.7 Å². The quantitative estimate of drug-likeness (QED) is 0.106. The van der Waals surface area contributed by atoms with Crippen molar-refractivity contribution in [1.82, 2.24) is 0 Å². The molecular weight excluding hydrogens is 2130 g/mol. The third-order valence-electron chi connectivity index (χ3n) is 6.57. The molecule has 67 heteroatoms. The molecule has 0 bridgehead atoms. The molecule has 0 aromatic heterocycles. The van der Waals surface area contributed by atoms with E-state index >= 15 is 0 Å². The molecule has 5 radical (unpaired) electrons. The van der Waals surface area contributed by atoms with Crippen LogP contribution in [0.1, 0.15) is 0 Å². The van der Waals surface area contributed by atoms with Gasteiger partial charge in [0, 0.05) is 0 Å². The van der Waals surface area contributed by atoms with Crippen molar-refractivity contribution in [2.24, 2.45) is 0 Å². The van der Waals surface area contributed by atoms with Crippen molar-refractivity contribution in [2.45, 2.75) is 98.8 Å². The Balaban J connectivity index is -0.000000109. The van der Waals surface area contributed by atoms with Gasteiger partial charge in [0.2, 0.25) is 0 Å². The maximum absolute atomic E-state index is 11.3. The first-order valence-electron chi connectivity index (χ1n) is 21.0. The molecule has 0 aromatic rings. The maximum Gasteiger partial charge on any atom is 3.00 e. The Bertz CT molecular complexity index is 2520. The summed E-state index contributed by atoms with van der Waals surface area (Å²) < 4.78 is 542. The number of ketones is 8. The van der Waals surface area contributed by atoms with Crippen molar-refractivity contribution in [3.8, 4) is 0 Å². The molecule has 0 aliphatic carbocycles. The molecular formula is C40H8Bi2CuF48O16. The third kappa shape index (κ3) is 63.3. The fourth-order valence-corrected chi connectivity index (χ4v) is 2.26. The molecule has 0 N–H and O–H groups in total. The minimum Gasteiger partial charge on any atom is -0.869 e. The zero-order valence-corrected chi connectivity index (χ0v) is 54.4.